The van der Waals surface area contributed by atoms with Gasteiger partial charge in [-0.25, -0.2) is 4.98 Å². The highest BCUT2D eigenvalue weighted by molar-refractivity contribution is 6.32. The van der Waals surface area contributed by atoms with Crippen molar-refractivity contribution in [3.63, 3.8) is 0 Å². The summed E-state index contributed by atoms with van der Waals surface area (Å²) < 4.78 is 1.69. The monoisotopic (exact) mass is 340 g/mol. The smallest absolute Gasteiger partial charge is 0.229 e. The summed E-state index contributed by atoms with van der Waals surface area (Å²) >= 11 is 6.20. The highest BCUT2D eigenvalue weighted by Crippen LogP contribution is 2.26. The molecule has 24 heavy (non-hydrogen) atoms. The molecule has 0 radical (unpaired) electrons. The van der Waals surface area contributed by atoms with Gasteiger partial charge in [-0.05, 0) is 18.2 Å². The molecule has 4 aromatic rings. The maximum atomic E-state index is 6.20. The number of halogens is 1. The van der Waals surface area contributed by atoms with Crippen molar-refractivity contribution >= 4 is 45.6 Å². The highest BCUT2D eigenvalue weighted by Gasteiger charge is 2.08. The molecule has 0 saturated carbocycles. The van der Waals surface area contributed by atoms with E-state index in [1.807, 2.05) is 31.4 Å². The second-order valence-electron chi connectivity index (χ2n) is 5.21. The first-order chi connectivity index (χ1) is 11.7. The van der Waals surface area contributed by atoms with Gasteiger partial charge >= 0.3 is 0 Å². The van der Waals surface area contributed by atoms with Crippen LogP contribution < -0.4 is 10.6 Å². The fourth-order valence-corrected chi connectivity index (χ4v) is 2.43. The number of rotatable bonds is 4. The van der Waals surface area contributed by atoms with E-state index in [0.717, 1.165) is 22.3 Å². The molecule has 0 atom stereocenters. The van der Waals surface area contributed by atoms with Crippen LogP contribution in [0.3, 0.4) is 0 Å². The van der Waals surface area contributed by atoms with Gasteiger partial charge in [0, 0.05) is 24.3 Å². The van der Waals surface area contributed by atoms with Crippen molar-refractivity contribution in [3.8, 4) is 0 Å². The maximum absolute atomic E-state index is 6.20. The molecule has 3 heterocycles. The molecule has 0 aliphatic rings. The van der Waals surface area contributed by atoms with E-state index >= 15 is 0 Å². The summed E-state index contributed by atoms with van der Waals surface area (Å²) in [5.74, 6) is 0.945. The molecule has 0 fully saturated rings. The Balaban J connectivity index is 1.60. The van der Waals surface area contributed by atoms with Crippen molar-refractivity contribution in [3.05, 3.63) is 48.0 Å². The van der Waals surface area contributed by atoms with E-state index < -0.39 is 0 Å². The van der Waals surface area contributed by atoms with Crippen LogP contribution in [0.1, 0.15) is 0 Å². The Bertz CT molecular complexity index is 1010. The summed E-state index contributed by atoms with van der Waals surface area (Å²) in [6.45, 7) is 0. The molecule has 0 saturated heterocycles. The van der Waals surface area contributed by atoms with Crippen LogP contribution in [0.4, 0.5) is 23.1 Å². The number of benzene rings is 1. The molecule has 0 aliphatic carbocycles. The van der Waals surface area contributed by atoms with Gasteiger partial charge in [0.1, 0.15) is 5.02 Å². The Morgan fingerprint density at radius 2 is 2.04 bits per heavy atom. The fourth-order valence-electron chi connectivity index (χ4n) is 2.29. The van der Waals surface area contributed by atoms with E-state index in [4.69, 9.17) is 11.6 Å². The number of fused-ring (bicyclic) bond motifs is 1. The molecule has 0 amide bonds. The van der Waals surface area contributed by atoms with Gasteiger partial charge in [0.05, 0.1) is 29.8 Å². The molecule has 0 aliphatic heterocycles. The lowest BCUT2D eigenvalue weighted by Crippen LogP contribution is -2.01. The van der Waals surface area contributed by atoms with Gasteiger partial charge in [-0.15, -0.1) is 0 Å². The van der Waals surface area contributed by atoms with E-state index in [0.29, 0.717) is 16.8 Å². The second-order valence-corrected chi connectivity index (χ2v) is 5.62. The van der Waals surface area contributed by atoms with Crippen molar-refractivity contribution in [1.29, 1.82) is 0 Å². The van der Waals surface area contributed by atoms with Gasteiger partial charge in [-0.1, -0.05) is 11.6 Å². The average Bonchev–Trinajstić information content (AvgIpc) is 3.19. The third-order valence-corrected chi connectivity index (χ3v) is 3.68. The lowest BCUT2D eigenvalue weighted by Gasteiger charge is -2.09. The minimum Gasteiger partial charge on any atom is -0.339 e. The molecule has 120 valence electrons. The third kappa shape index (κ3) is 2.86. The predicted molar refractivity (Wildman–Crippen MR) is 92.9 cm³/mol. The molecule has 4 rings (SSSR count). The van der Waals surface area contributed by atoms with Crippen molar-refractivity contribution in [2.45, 2.75) is 0 Å². The molecular weight excluding hydrogens is 328 g/mol. The molecule has 0 unspecified atom stereocenters. The SMILES string of the molecule is Cn1cc(Nc2ncc(Cl)c(Nc3ccc4[nH]ncc4c3)n2)cn1. The second kappa shape index (κ2) is 5.82. The van der Waals surface area contributed by atoms with Crippen LogP contribution in [-0.4, -0.2) is 29.9 Å². The van der Waals surface area contributed by atoms with Crippen molar-refractivity contribution in [1.82, 2.24) is 29.9 Å². The maximum Gasteiger partial charge on any atom is 0.229 e. The summed E-state index contributed by atoms with van der Waals surface area (Å²) in [7, 11) is 1.84. The number of aromatic nitrogens is 6. The van der Waals surface area contributed by atoms with Gasteiger partial charge in [-0.2, -0.15) is 15.2 Å². The molecular formula is C15H13ClN8. The van der Waals surface area contributed by atoms with Crippen LogP contribution in [0, 0.1) is 0 Å². The zero-order valence-corrected chi connectivity index (χ0v) is 13.4. The van der Waals surface area contributed by atoms with Crippen molar-refractivity contribution in [2.24, 2.45) is 7.05 Å². The first-order valence-corrected chi connectivity index (χ1v) is 7.53. The van der Waals surface area contributed by atoms with E-state index in [1.54, 1.807) is 23.3 Å². The standard InChI is InChI=1S/C15H13ClN8/c1-24-8-11(6-19-24)21-15-17-7-12(16)14(22-15)20-10-2-3-13-9(4-10)5-18-23-13/h2-8H,1H3,(H,18,23)(H2,17,20,21,22). The topological polar surface area (TPSA) is 96.3 Å². The number of nitrogens with zero attached hydrogens (tertiary/aromatic N) is 5. The fraction of sp³-hybridized carbons (Fsp3) is 0.0667. The molecule has 9 heteroatoms. The van der Waals surface area contributed by atoms with Crippen molar-refractivity contribution < 1.29 is 0 Å². The summed E-state index contributed by atoms with van der Waals surface area (Å²) in [4.78, 5) is 8.59. The Morgan fingerprint density at radius 3 is 2.88 bits per heavy atom. The third-order valence-electron chi connectivity index (χ3n) is 3.41. The Kier molecular flexibility index (Phi) is 3.51. The molecule has 3 aromatic heterocycles. The van der Waals surface area contributed by atoms with E-state index in [-0.39, 0.29) is 0 Å². The quantitative estimate of drug-likeness (QED) is 0.528. The number of aryl methyl sites for hydroxylation is 1. The lowest BCUT2D eigenvalue weighted by molar-refractivity contribution is 0.768. The van der Waals surface area contributed by atoms with Gasteiger partial charge < -0.3 is 10.6 Å². The molecule has 3 N–H and O–H groups in total. The molecule has 8 nitrogen and oxygen atoms in total. The van der Waals surface area contributed by atoms with Gasteiger partial charge in [0.2, 0.25) is 5.95 Å². The molecule has 1 aromatic carbocycles. The van der Waals surface area contributed by atoms with Crippen LogP contribution in [0.25, 0.3) is 10.9 Å². The minimum atomic E-state index is 0.430. The summed E-state index contributed by atoms with van der Waals surface area (Å²) in [6, 6.07) is 5.83. The van der Waals surface area contributed by atoms with E-state index in [1.165, 1.54) is 0 Å². The van der Waals surface area contributed by atoms with Gasteiger partial charge in [0.25, 0.3) is 0 Å². The van der Waals surface area contributed by atoms with Crippen molar-refractivity contribution in [2.75, 3.05) is 10.6 Å². The van der Waals surface area contributed by atoms with Gasteiger partial charge in [-0.3, -0.25) is 9.78 Å². The van der Waals surface area contributed by atoms with Crippen LogP contribution in [0.2, 0.25) is 5.02 Å². The minimum absolute atomic E-state index is 0.430. The van der Waals surface area contributed by atoms with E-state index in [2.05, 4.69) is 35.9 Å². The van der Waals surface area contributed by atoms with E-state index in [9.17, 15) is 0 Å². The number of aromatic amines is 1. The average molecular weight is 341 g/mol. The largest absolute Gasteiger partial charge is 0.339 e. The number of hydrogen-bond acceptors (Lipinski definition) is 6. The first kappa shape index (κ1) is 14.5. The summed E-state index contributed by atoms with van der Waals surface area (Å²) in [6.07, 6.45) is 6.83. The number of hydrogen-bond donors (Lipinski definition) is 3. The lowest BCUT2D eigenvalue weighted by atomic mass is 10.2. The first-order valence-electron chi connectivity index (χ1n) is 7.16. The molecule has 0 spiro atoms. The Morgan fingerprint density at radius 1 is 1.12 bits per heavy atom. The highest BCUT2D eigenvalue weighted by atomic mass is 35.5. The molecule has 0 bridgehead atoms. The summed E-state index contributed by atoms with van der Waals surface area (Å²) in [5, 5.41) is 18.7. The van der Waals surface area contributed by atoms with Crippen LogP contribution >= 0.6 is 11.6 Å². The number of nitrogens with one attached hydrogen (secondary N) is 3. The van der Waals surface area contributed by atoms with Crippen LogP contribution in [0.5, 0.6) is 0 Å². The van der Waals surface area contributed by atoms with Crippen LogP contribution in [0.15, 0.2) is 43.0 Å². The summed E-state index contributed by atoms with van der Waals surface area (Å²) in [5.41, 5.74) is 2.62. The number of anilines is 4. The predicted octanol–water partition coefficient (Wildman–Crippen LogP) is 3.23. The normalized spacial score (nSPS) is 10.9. The van der Waals surface area contributed by atoms with Crippen LogP contribution in [-0.2, 0) is 7.05 Å². The Labute approximate surface area is 141 Å². The zero-order valence-electron chi connectivity index (χ0n) is 12.7. The Hall–Kier alpha value is -3.13. The zero-order chi connectivity index (χ0) is 16.5. The number of H-pyrrole nitrogens is 1. The van der Waals surface area contributed by atoms with Gasteiger partial charge in [0.15, 0.2) is 5.82 Å².